The van der Waals surface area contributed by atoms with Crippen molar-refractivity contribution in [3.63, 3.8) is 0 Å². The second-order valence-corrected chi connectivity index (χ2v) is 5.83. The zero-order valence-electron chi connectivity index (χ0n) is 12.8. The lowest BCUT2D eigenvalue weighted by molar-refractivity contribution is -0.932. The Balaban J connectivity index is 0.000000360. The molecule has 0 aromatic heterocycles. The predicted octanol–water partition coefficient (Wildman–Crippen LogP) is 1.87. The summed E-state index contributed by atoms with van der Waals surface area (Å²) in [5.41, 5.74) is 4.91. The normalized spacial score (nSPS) is 20.4. The Kier molecular flexibility index (Phi) is 6.26. The first-order valence-corrected chi connectivity index (χ1v) is 6.60. The van der Waals surface area contributed by atoms with Gasteiger partial charge in [-0.05, 0) is 12.8 Å². The van der Waals surface area contributed by atoms with Crippen molar-refractivity contribution in [2.75, 3.05) is 21.1 Å². The van der Waals surface area contributed by atoms with Crippen LogP contribution < -0.4 is 5.73 Å². The highest BCUT2D eigenvalue weighted by Gasteiger charge is 2.65. The van der Waals surface area contributed by atoms with Gasteiger partial charge >= 0.3 is 5.91 Å². The van der Waals surface area contributed by atoms with Crippen LogP contribution in [-0.2, 0) is 14.6 Å². The van der Waals surface area contributed by atoms with Gasteiger partial charge in [0.05, 0.1) is 27.1 Å². The quantitative estimate of drug-likeness (QED) is 0.466. The van der Waals surface area contributed by atoms with E-state index >= 15 is 0 Å². The van der Waals surface area contributed by atoms with Crippen LogP contribution in [0.5, 0.6) is 0 Å². The van der Waals surface area contributed by atoms with Crippen molar-refractivity contribution in [3.05, 3.63) is 0 Å². The molecule has 1 aliphatic rings. The third-order valence-corrected chi connectivity index (χ3v) is 3.52. The third-order valence-electron chi connectivity index (χ3n) is 3.52. The number of carbonyl (C=O) groups is 1. The minimum absolute atomic E-state index is 0.0417. The zero-order chi connectivity index (χ0) is 14.6. The number of nitrogens with two attached hydrogens (primary N) is 1. The monoisotopic (exact) mass is 261 g/mol. The van der Waals surface area contributed by atoms with Crippen LogP contribution in [0.3, 0.4) is 0 Å². The van der Waals surface area contributed by atoms with Crippen LogP contribution in [0.15, 0.2) is 0 Å². The summed E-state index contributed by atoms with van der Waals surface area (Å²) in [6.45, 7) is 8.06. The Morgan fingerprint density at radius 2 is 1.61 bits per heavy atom. The van der Waals surface area contributed by atoms with Crippen molar-refractivity contribution in [2.45, 2.75) is 46.4 Å². The average molecular weight is 261 g/mol. The third kappa shape index (κ3) is 4.23. The molecule has 0 saturated carbocycles. The van der Waals surface area contributed by atoms with Crippen molar-refractivity contribution in [1.29, 1.82) is 0 Å². The van der Waals surface area contributed by atoms with Crippen molar-refractivity contribution >= 4 is 5.91 Å². The minimum atomic E-state index is -0.366. The number of amides is 1. The van der Waals surface area contributed by atoms with E-state index in [1.54, 1.807) is 0 Å². The van der Waals surface area contributed by atoms with Crippen LogP contribution in [0.1, 0.15) is 40.5 Å². The summed E-state index contributed by atoms with van der Waals surface area (Å²) in [7, 11) is 6.25. The Labute approximate surface area is 111 Å². The molecule has 2 unspecified atom stereocenters. The molecule has 1 aliphatic heterocycles. The van der Waals surface area contributed by atoms with Crippen molar-refractivity contribution in [2.24, 2.45) is 17.6 Å². The molecule has 18 heavy (non-hydrogen) atoms. The van der Waals surface area contributed by atoms with Gasteiger partial charge in [0.1, 0.15) is 0 Å². The first-order chi connectivity index (χ1) is 8.12. The first-order valence-electron chi connectivity index (χ1n) is 6.60. The Morgan fingerprint density at radius 1 is 1.17 bits per heavy atom. The number of rotatable bonds is 5. The summed E-state index contributed by atoms with van der Waals surface area (Å²) >= 11 is 0. The van der Waals surface area contributed by atoms with Crippen molar-refractivity contribution in [1.82, 2.24) is 0 Å². The fourth-order valence-corrected chi connectivity index (χ4v) is 1.55. The molecule has 5 heteroatoms. The maximum absolute atomic E-state index is 10.2. The number of primary amides is 1. The molecule has 1 rings (SSSR count). The molecule has 2 atom stereocenters. The lowest BCUT2D eigenvalue weighted by atomic mass is 10.0. The molecule has 108 valence electrons. The number of quaternary nitrogens is 1. The zero-order valence-corrected chi connectivity index (χ0v) is 12.8. The summed E-state index contributed by atoms with van der Waals surface area (Å²) in [5, 5.41) is 0. The van der Waals surface area contributed by atoms with E-state index in [4.69, 9.17) is 15.5 Å². The molecule has 1 amide bonds. The lowest BCUT2D eigenvalue weighted by Crippen LogP contribution is -2.51. The van der Waals surface area contributed by atoms with Gasteiger partial charge in [0, 0.05) is 5.92 Å². The Hall–Kier alpha value is -0.650. The van der Waals surface area contributed by atoms with E-state index in [2.05, 4.69) is 35.0 Å². The SMILES string of the molecule is CCC(C)C(N)=O.CCC(C)C1([N+](C)(C)C)OO1. The number of nitrogens with zero attached hydrogens (tertiary/aromatic N) is 1. The molecular formula is C13H29N2O3+. The molecule has 1 heterocycles. The summed E-state index contributed by atoms with van der Waals surface area (Å²) in [6, 6.07) is 0. The second kappa shape index (κ2) is 6.50. The molecule has 0 aromatic carbocycles. The Bertz CT molecular complexity index is 270. The standard InChI is InChI=1S/C8H18NO2.C5H11NO/c1-6-7(2)8(10-11-8)9(3,4)5;1-3-4(2)5(6)7/h7H,6H2,1-5H3;4H,3H2,1-2H3,(H2,6,7)/q+1;. The van der Waals surface area contributed by atoms with Crippen molar-refractivity contribution in [3.8, 4) is 0 Å². The molecule has 5 nitrogen and oxygen atoms in total. The summed E-state index contributed by atoms with van der Waals surface area (Å²) in [5.74, 6) is -0.0839. The molecule has 1 fully saturated rings. The predicted molar refractivity (Wildman–Crippen MR) is 71.0 cm³/mol. The van der Waals surface area contributed by atoms with Gasteiger partial charge in [-0.25, -0.2) is 0 Å². The van der Waals surface area contributed by atoms with Gasteiger partial charge in [-0.3, -0.25) is 9.28 Å². The largest absolute Gasteiger partial charge is 0.375 e. The molecule has 2 N–H and O–H groups in total. The van der Waals surface area contributed by atoms with Gasteiger partial charge in [0.15, 0.2) is 0 Å². The fourth-order valence-electron chi connectivity index (χ4n) is 1.55. The summed E-state index contributed by atoms with van der Waals surface area (Å²) in [4.78, 5) is 20.3. The highest BCUT2D eigenvalue weighted by atomic mass is 17.4. The van der Waals surface area contributed by atoms with Gasteiger partial charge in [0.25, 0.3) is 0 Å². The van der Waals surface area contributed by atoms with E-state index in [0.29, 0.717) is 10.4 Å². The summed E-state index contributed by atoms with van der Waals surface area (Å²) < 4.78 is 0.710. The van der Waals surface area contributed by atoms with Gasteiger partial charge in [-0.15, -0.1) is 9.78 Å². The van der Waals surface area contributed by atoms with Gasteiger partial charge in [0.2, 0.25) is 5.91 Å². The van der Waals surface area contributed by atoms with E-state index in [1.165, 1.54) is 0 Å². The molecule has 0 bridgehead atoms. The van der Waals surface area contributed by atoms with Crippen molar-refractivity contribution < 1.29 is 19.1 Å². The lowest BCUT2D eigenvalue weighted by Gasteiger charge is -2.30. The average Bonchev–Trinajstić information content (AvgIpc) is 3.07. The molecule has 0 spiro atoms. The van der Waals surface area contributed by atoms with E-state index in [9.17, 15) is 4.79 Å². The van der Waals surface area contributed by atoms with Crippen LogP contribution >= 0.6 is 0 Å². The minimum Gasteiger partial charge on any atom is -0.369 e. The first kappa shape index (κ1) is 17.4. The molecule has 0 radical (unpaired) electrons. The summed E-state index contributed by atoms with van der Waals surface area (Å²) in [6.07, 6.45) is 1.92. The topological polar surface area (TPSA) is 68.2 Å². The molecule has 0 aromatic rings. The van der Waals surface area contributed by atoms with Crippen LogP contribution in [-0.4, -0.2) is 37.4 Å². The van der Waals surface area contributed by atoms with E-state index in [0.717, 1.165) is 12.8 Å². The molecule has 1 saturated heterocycles. The maximum atomic E-state index is 10.2. The fraction of sp³-hybridized carbons (Fsp3) is 0.923. The number of carbonyl (C=O) groups excluding carboxylic acids is 1. The molecular weight excluding hydrogens is 232 g/mol. The Morgan fingerprint density at radius 3 is 1.67 bits per heavy atom. The second-order valence-electron chi connectivity index (χ2n) is 5.83. The van der Waals surface area contributed by atoms with Crippen LogP contribution in [0, 0.1) is 11.8 Å². The number of hydrogen-bond donors (Lipinski definition) is 1. The van der Waals surface area contributed by atoms with E-state index in [1.807, 2.05) is 13.8 Å². The number of hydrogen-bond acceptors (Lipinski definition) is 3. The van der Waals surface area contributed by atoms with Gasteiger partial charge in [-0.1, -0.05) is 27.7 Å². The van der Waals surface area contributed by atoms with E-state index < -0.39 is 0 Å². The molecule has 0 aliphatic carbocycles. The van der Waals surface area contributed by atoms with Crippen LogP contribution in [0.4, 0.5) is 0 Å². The maximum Gasteiger partial charge on any atom is 0.375 e. The van der Waals surface area contributed by atoms with Gasteiger partial charge in [-0.2, -0.15) is 0 Å². The van der Waals surface area contributed by atoms with E-state index in [-0.39, 0.29) is 17.7 Å². The highest BCUT2D eigenvalue weighted by Crippen LogP contribution is 2.44. The van der Waals surface area contributed by atoms with Gasteiger partial charge < -0.3 is 5.73 Å². The highest BCUT2D eigenvalue weighted by molar-refractivity contribution is 5.76. The van der Waals surface area contributed by atoms with Crippen LogP contribution in [0.25, 0.3) is 0 Å². The van der Waals surface area contributed by atoms with Crippen LogP contribution in [0.2, 0.25) is 0 Å². The smallest absolute Gasteiger partial charge is 0.369 e.